The monoisotopic (exact) mass is 1150 g/mol. The van der Waals surface area contributed by atoms with Gasteiger partial charge in [-0.1, -0.05) is 27.7 Å². The van der Waals surface area contributed by atoms with Crippen LogP contribution in [0.4, 0.5) is 0 Å². The SMILES string of the molecule is CC.CC.CP=O.CP=O.[CH2-]C(C)[CH-]C.[CH2-]C(C)[CH-]C.[V].[V].[W].[W].[Y].[Y].[Y].[Y]. The second-order valence-electron chi connectivity index (χ2n) is 2.99. The molecule has 0 heterocycles. The first kappa shape index (κ1) is 91.6. The summed E-state index contributed by atoms with van der Waals surface area (Å²) in [6, 6.07) is 0. The van der Waals surface area contributed by atoms with Crippen molar-refractivity contribution >= 4 is 16.9 Å². The molecule has 0 aliphatic heterocycles. The van der Waals surface area contributed by atoms with Crippen LogP contribution in [-0.4, -0.2) is 13.3 Å². The van der Waals surface area contributed by atoms with Crippen LogP contribution >= 0.6 is 16.9 Å². The summed E-state index contributed by atoms with van der Waals surface area (Å²) in [7, 11) is 0.333. The van der Waals surface area contributed by atoms with Crippen molar-refractivity contribution in [3.05, 3.63) is 26.7 Å². The van der Waals surface area contributed by atoms with Gasteiger partial charge >= 0.3 is 0 Å². The van der Waals surface area contributed by atoms with E-state index in [2.05, 4.69) is 40.5 Å². The molecule has 0 aromatic heterocycles. The summed E-state index contributed by atoms with van der Waals surface area (Å²) >= 11 is 0. The van der Waals surface area contributed by atoms with Gasteiger partial charge in [0.2, 0.25) is 0 Å². The van der Waals surface area contributed by atoms with E-state index in [9.17, 15) is 0 Å². The molecule has 0 saturated carbocycles. The Morgan fingerprint density at radius 3 is 0.679 bits per heavy atom. The van der Waals surface area contributed by atoms with E-state index in [4.69, 9.17) is 9.13 Å². The second kappa shape index (κ2) is 128. The molecule has 6 radical (unpaired) electrons. The number of rotatable bonds is 2. The summed E-state index contributed by atoms with van der Waals surface area (Å²) in [5, 5.41) is 0. The molecule has 2 atom stereocenters. The minimum atomic E-state index is 0. The van der Waals surface area contributed by atoms with Crippen LogP contribution in [0.3, 0.4) is 0 Å². The molecular weight excluding hydrogens is 1110 g/mol. The van der Waals surface area contributed by atoms with Gasteiger partial charge in [0.25, 0.3) is 0 Å². The Kier molecular flexibility index (Phi) is 417. The topological polar surface area (TPSA) is 34.1 Å². The second-order valence-corrected chi connectivity index (χ2v) is 3.72. The molecule has 12 heteroatoms. The molecule has 0 spiro atoms. The van der Waals surface area contributed by atoms with Crippen molar-refractivity contribution in [2.45, 2.75) is 55.4 Å². The minimum Gasteiger partial charge on any atom is -0.370 e. The average Bonchev–Trinajstić information content (AvgIpc) is 2.45. The van der Waals surface area contributed by atoms with Crippen LogP contribution in [0.2, 0.25) is 0 Å². The van der Waals surface area contributed by atoms with Crippen molar-refractivity contribution in [1.29, 1.82) is 0 Å². The Balaban J connectivity index is -0.00000000682. The fourth-order valence-electron chi connectivity index (χ4n) is 0. The van der Waals surface area contributed by atoms with Crippen molar-refractivity contribution < 1.29 is 219 Å². The molecule has 0 aromatic rings. The van der Waals surface area contributed by atoms with Crippen molar-refractivity contribution in [1.82, 2.24) is 0 Å². The molecule has 0 aliphatic carbocycles. The van der Waals surface area contributed by atoms with Crippen LogP contribution in [0.25, 0.3) is 0 Å². The average molecular weight is 1150 g/mol. The zero-order chi connectivity index (χ0) is 18.0. The number of hydrogen-bond acceptors (Lipinski definition) is 2. The predicted octanol–water partition coefficient (Wildman–Crippen LogP) is 7.21. The summed E-state index contributed by atoms with van der Waals surface area (Å²) in [5.74, 6) is 1.02. The molecule has 0 rings (SSSR count). The van der Waals surface area contributed by atoms with Gasteiger partial charge in [0.1, 0.15) is 0 Å². The zero-order valence-electron chi connectivity index (χ0n) is 19.5. The van der Waals surface area contributed by atoms with Gasteiger partial charge in [-0.15, -0.1) is 13.8 Å². The van der Waals surface area contributed by atoms with Crippen molar-refractivity contribution in [2.24, 2.45) is 11.8 Å². The summed E-state index contributed by atoms with van der Waals surface area (Å²) in [6.45, 7) is 26.6. The van der Waals surface area contributed by atoms with Gasteiger partial charge in [-0.05, 0) is 0 Å². The van der Waals surface area contributed by atoms with E-state index < -0.39 is 0 Å². The fourth-order valence-corrected chi connectivity index (χ4v) is 0. The first-order valence-electron chi connectivity index (χ1n) is 7.05. The summed E-state index contributed by atoms with van der Waals surface area (Å²) in [5.41, 5.74) is 0. The molecule has 0 fully saturated rings. The van der Waals surface area contributed by atoms with E-state index in [0.717, 1.165) is 0 Å². The Labute approximate surface area is 336 Å². The van der Waals surface area contributed by atoms with Crippen LogP contribution in [-0.2, 0) is 219 Å². The molecule has 0 saturated heterocycles. The maximum atomic E-state index is 8.90. The first-order chi connectivity index (χ1) is 9.37. The molecule has 2 unspecified atom stereocenters. The molecule has 0 aliphatic rings. The summed E-state index contributed by atoms with van der Waals surface area (Å²) in [6.07, 6.45) is 4.11. The van der Waals surface area contributed by atoms with Crippen molar-refractivity contribution in [3.8, 4) is 0 Å². The minimum absolute atomic E-state index is 0. The molecule has 0 bridgehead atoms. The van der Waals surface area contributed by atoms with E-state index in [0.29, 0.717) is 11.8 Å². The van der Waals surface area contributed by atoms with Crippen LogP contribution in [0, 0.1) is 38.5 Å². The van der Waals surface area contributed by atoms with Gasteiger partial charge in [-0.2, -0.15) is 13.8 Å². The molecule has 2 nitrogen and oxygen atoms in total. The van der Waals surface area contributed by atoms with Gasteiger partial charge in [0, 0.05) is 223 Å². The van der Waals surface area contributed by atoms with Gasteiger partial charge < -0.3 is 38.5 Å². The first-order valence-corrected chi connectivity index (χ1v) is 9.57. The molecule has 0 N–H and O–H groups in total. The Morgan fingerprint density at radius 2 is 0.679 bits per heavy atom. The van der Waals surface area contributed by atoms with E-state index in [1.165, 1.54) is 0 Å². The van der Waals surface area contributed by atoms with E-state index in [1.54, 1.807) is 13.3 Å². The maximum absolute atomic E-state index is 8.90. The summed E-state index contributed by atoms with van der Waals surface area (Å²) in [4.78, 5) is 0. The molecule has 28 heavy (non-hydrogen) atoms. The van der Waals surface area contributed by atoms with Crippen LogP contribution < -0.4 is 0 Å². The smallest absolute Gasteiger partial charge is 0.151 e. The zero-order valence-corrected chi connectivity index (χ0v) is 41.3. The van der Waals surface area contributed by atoms with Crippen LogP contribution in [0.1, 0.15) is 55.4 Å². The normalized spacial score (nSPS) is 7.29. The fraction of sp³-hybridized carbons (Fsp3) is 0.750. The van der Waals surface area contributed by atoms with Crippen LogP contribution in [0.15, 0.2) is 0 Å². The molecular formula is C16H38O2P2V2W2Y4-4. The van der Waals surface area contributed by atoms with Gasteiger partial charge in [0.05, 0.1) is 0 Å². The van der Waals surface area contributed by atoms with Gasteiger partial charge in [-0.25, -0.2) is 0 Å². The quantitative estimate of drug-likeness (QED) is 0.217. The van der Waals surface area contributed by atoms with Crippen molar-refractivity contribution in [2.75, 3.05) is 13.3 Å². The van der Waals surface area contributed by atoms with E-state index >= 15 is 0 Å². The Bertz CT molecular complexity index is 139. The van der Waals surface area contributed by atoms with E-state index in [1.807, 2.05) is 41.5 Å². The van der Waals surface area contributed by atoms with Crippen LogP contribution in [0.5, 0.6) is 0 Å². The molecule has 0 amide bonds. The van der Waals surface area contributed by atoms with Gasteiger partial charge in [0.15, 0.2) is 16.9 Å². The Morgan fingerprint density at radius 1 is 0.643 bits per heavy atom. The summed E-state index contributed by atoms with van der Waals surface area (Å²) < 4.78 is 17.8. The largest absolute Gasteiger partial charge is 0.370 e. The molecule has 162 valence electrons. The Hall–Kier alpha value is 7.16. The molecule has 0 aromatic carbocycles. The third-order valence-electron chi connectivity index (χ3n) is 1.14. The van der Waals surface area contributed by atoms with E-state index in [-0.39, 0.29) is 227 Å². The number of hydrogen-bond donors (Lipinski definition) is 0. The third-order valence-corrected chi connectivity index (χ3v) is 1.14. The maximum Gasteiger partial charge on any atom is 0.151 e. The van der Waals surface area contributed by atoms with Gasteiger partial charge in [-0.3, -0.25) is 9.13 Å². The van der Waals surface area contributed by atoms with Crippen molar-refractivity contribution in [3.63, 3.8) is 0 Å². The third kappa shape index (κ3) is 275. The predicted molar refractivity (Wildman–Crippen MR) is 98.7 cm³/mol. The standard InChI is InChI=1S/2C5H10.2C2H6.2CH3OP.2V.2W.4Y/c2*1-4-5(2)3;2*1-2;2*1-3-2;;;;;;;;/h2*4-5H,2H2,1,3H3;2*1-2H3;2*1H3;;;;;;;;/q2*-2;;;;;;;;;;;;.